The molecule has 2 aliphatic rings. The summed E-state index contributed by atoms with van der Waals surface area (Å²) in [5, 5.41) is 6.84. The molecule has 1 aliphatic heterocycles. The topological polar surface area (TPSA) is 75.3 Å². The minimum Gasteiger partial charge on any atom is -0.348 e. The summed E-state index contributed by atoms with van der Waals surface area (Å²) in [6, 6.07) is 6.16. The first-order valence-corrected chi connectivity index (χ1v) is 9.47. The summed E-state index contributed by atoms with van der Waals surface area (Å²) in [5.74, 6) is -0.950. The highest BCUT2D eigenvalue weighted by molar-refractivity contribution is 7.92. The molecular weight excluding hydrogens is 324 g/mol. The average Bonchev–Trinajstić information content (AvgIpc) is 2.97. The van der Waals surface area contributed by atoms with Gasteiger partial charge in [-0.25, -0.2) is 8.42 Å². The summed E-state index contributed by atoms with van der Waals surface area (Å²) in [4.78, 5) is 12.4. The summed E-state index contributed by atoms with van der Waals surface area (Å²) in [7, 11) is -3.64. The summed E-state index contributed by atoms with van der Waals surface area (Å²) < 4.78 is 24.6. The predicted octanol–water partition coefficient (Wildman–Crippen LogP) is 1.51. The fourth-order valence-electron chi connectivity index (χ4n) is 3.56. The fourth-order valence-corrected chi connectivity index (χ4v) is 4.82. The molecule has 0 radical (unpaired) electrons. The van der Waals surface area contributed by atoms with E-state index in [0.717, 1.165) is 32.2 Å². The molecule has 1 saturated heterocycles. The van der Waals surface area contributed by atoms with Gasteiger partial charge in [-0.15, -0.1) is 0 Å². The zero-order chi connectivity index (χ0) is 15.8. The molecule has 2 fully saturated rings. The number of carbonyl (C=O) groups excluding carboxylic acids is 1. The van der Waals surface area contributed by atoms with Crippen LogP contribution in [0.2, 0.25) is 5.02 Å². The van der Waals surface area contributed by atoms with E-state index in [1.807, 2.05) is 0 Å². The lowest BCUT2D eigenvalue weighted by Gasteiger charge is -2.30. The summed E-state index contributed by atoms with van der Waals surface area (Å²) in [5.41, 5.74) is -0.257. The number of benzene rings is 1. The molecule has 0 aromatic heterocycles. The molecule has 1 aromatic carbocycles. The maximum atomic E-state index is 12.3. The van der Waals surface area contributed by atoms with Gasteiger partial charge < -0.3 is 10.6 Å². The number of hydrogen-bond acceptors (Lipinski definition) is 4. The van der Waals surface area contributed by atoms with E-state index in [1.165, 1.54) is 24.3 Å². The zero-order valence-electron chi connectivity index (χ0n) is 12.1. The maximum absolute atomic E-state index is 12.3. The SMILES string of the molecule is O=C(CS(=O)(=O)c1ccc(Cl)cc1)N[C@]12CCC[C@H]1NCC2. The van der Waals surface area contributed by atoms with Crippen LogP contribution in [0, 0.1) is 0 Å². The number of hydrogen-bond donors (Lipinski definition) is 2. The first-order chi connectivity index (χ1) is 10.4. The Balaban J connectivity index is 1.70. The Labute approximate surface area is 135 Å². The van der Waals surface area contributed by atoms with Crippen LogP contribution in [-0.4, -0.2) is 38.2 Å². The van der Waals surface area contributed by atoms with Crippen LogP contribution < -0.4 is 10.6 Å². The molecule has 0 spiro atoms. The molecule has 120 valence electrons. The molecule has 7 heteroatoms. The second kappa shape index (κ2) is 5.83. The Kier molecular flexibility index (Phi) is 4.18. The van der Waals surface area contributed by atoms with Crippen molar-refractivity contribution in [2.45, 2.75) is 42.2 Å². The lowest BCUT2D eigenvalue weighted by Crippen LogP contribution is -2.54. The molecule has 1 aliphatic carbocycles. The average molecular weight is 343 g/mol. The predicted molar refractivity (Wildman–Crippen MR) is 84.6 cm³/mol. The van der Waals surface area contributed by atoms with E-state index < -0.39 is 21.5 Å². The number of fused-ring (bicyclic) bond motifs is 1. The fraction of sp³-hybridized carbons (Fsp3) is 0.533. The van der Waals surface area contributed by atoms with Gasteiger partial charge in [-0.3, -0.25) is 4.79 Å². The Morgan fingerprint density at radius 3 is 2.77 bits per heavy atom. The molecule has 22 heavy (non-hydrogen) atoms. The monoisotopic (exact) mass is 342 g/mol. The van der Waals surface area contributed by atoms with Crippen LogP contribution in [0.1, 0.15) is 25.7 Å². The normalized spacial score (nSPS) is 27.6. The third kappa shape index (κ3) is 3.00. The van der Waals surface area contributed by atoms with E-state index in [-0.39, 0.29) is 16.5 Å². The molecule has 2 atom stereocenters. The van der Waals surface area contributed by atoms with Gasteiger partial charge >= 0.3 is 0 Å². The number of nitrogens with one attached hydrogen (secondary N) is 2. The minimum absolute atomic E-state index is 0.122. The van der Waals surface area contributed by atoms with E-state index in [4.69, 9.17) is 11.6 Å². The van der Waals surface area contributed by atoms with Crippen LogP contribution in [-0.2, 0) is 14.6 Å². The van der Waals surface area contributed by atoms with Crippen molar-refractivity contribution in [1.82, 2.24) is 10.6 Å². The third-order valence-corrected chi connectivity index (χ3v) is 6.51. The molecule has 3 rings (SSSR count). The van der Waals surface area contributed by atoms with Crippen molar-refractivity contribution >= 4 is 27.3 Å². The molecule has 1 heterocycles. The standard InChI is InChI=1S/C15H19ClN2O3S/c16-11-3-5-12(6-4-11)22(20,21)10-14(19)18-15-7-1-2-13(15)17-9-8-15/h3-6,13,17H,1-2,7-10H2,(H,18,19)/t13-,15+/m1/s1. The lowest BCUT2D eigenvalue weighted by molar-refractivity contribution is -0.120. The lowest BCUT2D eigenvalue weighted by atomic mass is 9.93. The number of halogens is 1. The van der Waals surface area contributed by atoms with Crippen LogP contribution in [0.15, 0.2) is 29.2 Å². The van der Waals surface area contributed by atoms with E-state index in [0.29, 0.717) is 5.02 Å². The Hall–Kier alpha value is -1.11. The molecule has 0 unspecified atom stereocenters. The van der Waals surface area contributed by atoms with E-state index in [9.17, 15) is 13.2 Å². The van der Waals surface area contributed by atoms with Gasteiger partial charge in [0.1, 0.15) is 5.75 Å². The highest BCUT2D eigenvalue weighted by Gasteiger charge is 2.47. The largest absolute Gasteiger partial charge is 0.348 e. The van der Waals surface area contributed by atoms with Gasteiger partial charge in [-0.05, 0) is 56.5 Å². The van der Waals surface area contributed by atoms with Gasteiger partial charge in [0.05, 0.1) is 10.4 Å². The quantitative estimate of drug-likeness (QED) is 0.869. The summed E-state index contributed by atoms with van der Waals surface area (Å²) >= 11 is 5.76. The van der Waals surface area contributed by atoms with Crippen LogP contribution in [0.4, 0.5) is 0 Å². The van der Waals surface area contributed by atoms with Crippen LogP contribution in [0.25, 0.3) is 0 Å². The third-order valence-electron chi connectivity index (χ3n) is 4.63. The van der Waals surface area contributed by atoms with E-state index >= 15 is 0 Å². The van der Waals surface area contributed by atoms with Crippen molar-refractivity contribution in [2.24, 2.45) is 0 Å². The molecule has 1 saturated carbocycles. The molecular formula is C15H19ClN2O3S. The van der Waals surface area contributed by atoms with Crippen molar-refractivity contribution < 1.29 is 13.2 Å². The van der Waals surface area contributed by atoms with Crippen molar-refractivity contribution in [2.75, 3.05) is 12.3 Å². The van der Waals surface area contributed by atoms with Gasteiger partial charge in [-0.2, -0.15) is 0 Å². The first-order valence-electron chi connectivity index (χ1n) is 7.44. The molecule has 2 N–H and O–H groups in total. The molecule has 0 bridgehead atoms. The maximum Gasteiger partial charge on any atom is 0.236 e. The number of amides is 1. The highest BCUT2D eigenvalue weighted by Crippen LogP contribution is 2.36. The van der Waals surface area contributed by atoms with E-state index in [2.05, 4.69) is 10.6 Å². The Bertz CT molecular complexity index is 663. The number of rotatable bonds is 4. The summed E-state index contributed by atoms with van der Waals surface area (Å²) in [6.45, 7) is 0.870. The number of carbonyl (C=O) groups is 1. The smallest absolute Gasteiger partial charge is 0.236 e. The minimum atomic E-state index is -3.64. The first kappa shape index (κ1) is 15.8. The van der Waals surface area contributed by atoms with Crippen molar-refractivity contribution in [3.05, 3.63) is 29.3 Å². The van der Waals surface area contributed by atoms with E-state index in [1.54, 1.807) is 0 Å². The van der Waals surface area contributed by atoms with Crippen molar-refractivity contribution in [3.8, 4) is 0 Å². The Morgan fingerprint density at radius 1 is 1.32 bits per heavy atom. The Morgan fingerprint density at radius 2 is 2.05 bits per heavy atom. The second-order valence-electron chi connectivity index (χ2n) is 6.07. The molecule has 1 aromatic rings. The van der Waals surface area contributed by atoms with Gasteiger partial charge in [0.15, 0.2) is 9.84 Å². The summed E-state index contributed by atoms with van der Waals surface area (Å²) in [6.07, 6.45) is 3.87. The van der Waals surface area contributed by atoms with Crippen molar-refractivity contribution in [3.63, 3.8) is 0 Å². The second-order valence-corrected chi connectivity index (χ2v) is 8.49. The van der Waals surface area contributed by atoms with Crippen molar-refractivity contribution in [1.29, 1.82) is 0 Å². The van der Waals surface area contributed by atoms with Crippen LogP contribution >= 0.6 is 11.6 Å². The van der Waals surface area contributed by atoms with Gasteiger partial charge in [-0.1, -0.05) is 11.6 Å². The van der Waals surface area contributed by atoms with Crippen LogP contribution in [0.5, 0.6) is 0 Å². The van der Waals surface area contributed by atoms with Gasteiger partial charge in [0, 0.05) is 11.1 Å². The van der Waals surface area contributed by atoms with Gasteiger partial charge in [0.25, 0.3) is 0 Å². The molecule has 5 nitrogen and oxygen atoms in total. The highest BCUT2D eigenvalue weighted by atomic mass is 35.5. The zero-order valence-corrected chi connectivity index (χ0v) is 13.7. The van der Waals surface area contributed by atoms with Gasteiger partial charge in [0.2, 0.25) is 5.91 Å². The molecule has 1 amide bonds. The van der Waals surface area contributed by atoms with Crippen LogP contribution in [0.3, 0.4) is 0 Å². The number of sulfone groups is 1.